The standard InChI is InChI=1S/C11H12F3NO3/c1-3-18-7(16)4-6-5-15-11(17-2)9(12)8(6)10(13)14/h5,10H,3-4H2,1-2H3. The van der Waals surface area contributed by atoms with Gasteiger partial charge in [-0.25, -0.2) is 18.2 Å². The molecule has 7 heteroatoms. The smallest absolute Gasteiger partial charge is 0.310 e. The van der Waals surface area contributed by atoms with E-state index in [9.17, 15) is 18.0 Å². The summed E-state index contributed by atoms with van der Waals surface area (Å²) in [4.78, 5) is 14.7. The van der Waals surface area contributed by atoms with Gasteiger partial charge in [-0.1, -0.05) is 0 Å². The number of nitrogens with zero attached hydrogens (tertiary/aromatic N) is 1. The zero-order chi connectivity index (χ0) is 13.7. The number of methoxy groups -OCH3 is 1. The van der Waals surface area contributed by atoms with Crippen LogP contribution in [0.25, 0.3) is 0 Å². The summed E-state index contributed by atoms with van der Waals surface area (Å²) in [6.45, 7) is 1.70. The number of esters is 1. The van der Waals surface area contributed by atoms with Crippen LogP contribution in [0, 0.1) is 5.82 Å². The lowest BCUT2D eigenvalue weighted by atomic mass is 10.1. The molecule has 0 unspecified atom stereocenters. The fraction of sp³-hybridized carbons (Fsp3) is 0.455. The number of ether oxygens (including phenoxy) is 2. The highest BCUT2D eigenvalue weighted by Gasteiger charge is 2.24. The molecule has 0 amide bonds. The van der Waals surface area contributed by atoms with Gasteiger partial charge in [0.25, 0.3) is 12.3 Å². The average Bonchev–Trinajstić information content (AvgIpc) is 2.29. The lowest BCUT2D eigenvalue weighted by Gasteiger charge is -2.11. The van der Waals surface area contributed by atoms with Crippen molar-refractivity contribution >= 4 is 5.97 Å². The van der Waals surface area contributed by atoms with Crippen molar-refractivity contribution in [3.05, 3.63) is 23.1 Å². The van der Waals surface area contributed by atoms with Crippen molar-refractivity contribution < 1.29 is 27.4 Å². The predicted molar refractivity (Wildman–Crippen MR) is 56.0 cm³/mol. The first kappa shape index (κ1) is 14.3. The quantitative estimate of drug-likeness (QED) is 0.765. The molecule has 1 aromatic heterocycles. The molecule has 4 nitrogen and oxygen atoms in total. The SMILES string of the molecule is CCOC(=O)Cc1cnc(OC)c(F)c1C(F)F. The summed E-state index contributed by atoms with van der Waals surface area (Å²) in [6, 6.07) is 0. The number of carbonyl (C=O) groups excluding carboxylic acids is 1. The van der Waals surface area contributed by atoms with Crippen molar-refractivity contribution in [2.75, 3.05) is 13.7 Å². The van der Waals surface area contributed by atoms with Gasteiger partial charge in [-0.05, 0) is 12.5 Å². The first-order valence-corrected chi connectivity index (χ1v) is 5.16. The molecule has 0 atom stereocenters. The van der Waals surface area contributed by atoms with Crippen LogP contribution >= 0.6 is 0 Å². The van der Waals surface area contributed by atoms with Gasteiger partial charge >= 0.3 is 5.97 Å². The molecule has 0 aliphatic carbocycles. The van der Waals surface area contributed by atoms with E-state index >= 15 is 0 Å². The molecular weight excluding hydrogens is 251 g/mol. The maximum absolute atomic E-state index is 13.6. The first-order valence-electron chi connectivity index (χ1n) is 5.16. The van der Waals surface area contributed by atoms with Gasteiger partial charge in [-0.2, -0.15) is 0 Å². The van der Waals surface area contributed by atoms with E-state index in [4.69, 9.17) is 0 Å². The summed E-state index contributed by atoms with van der Waals surface area (Å²) < 4.78 is 48.3. The number of hydrogen-bond donors (Lipinski definition) is 0. The third kappa shape index (κ3) is 3.12. The summed E-state index contributed by atoms with van der Waals surface area (Å²) in [6.07, 6.45) is -2.53. The van der Waals surface area contributed by atoms with Crippen molar-refractivity contribution in [3.8, 4) is 5.88 Å². The Morgan fingerprint density at radius 1 is 1.50 bits per heavy atom. The Morgan fingerprint density at radius 2 is 2.17 bits per heavy atom. The lowest BCUT2D eigenvalue weighted by Crippen LogP contribution is -2.12. The fourth-order valence-corrected chi connectivity index (χ4v) is 1.41. The third-order valence-corrected chi connectivity index (χ3v) is 2.16. The van der Waals surface area contributed by atoms with Crippen LogP contribution in [0.5, 0.6) is 5.88 Å². The number of rotatable bonds is 5. The number of carbonyl (C=O) groups is 1. The Labute approximate surface area is 102 Å². The topological polar surface area (TPSA) is 48.4 Å². The molecule has 0 saturated heterocycles. The van der Waals surface area contributed by atoms with Crippen LogP contribution in [-0.2, 0) is 16.0 Å². The molecular formula is C11H12F3NO3. The molecule has 0 fully saturated rings. The van der Waals surface area contributed by atoms with Gasteiger partial charge in [0.1, 0.15) is 0 Å². The Morgan fingerprint density at radius 3 is 2.67 bits per heavy atom. The van der Waals surface area contributed by atoms with Crippen molar-refractivity contribution in [1.29, 1.82) is 0 Å². The van der Waals surface area contributed by atoms with E-state index in [0.717, 1.165) is 13.3 Å². The Kier molecular flexibility index (Phi) is 4.94. The second-order valence-corrected chi connectivity index (χ2v) is 3.30. The third-order valence-electron chi connectivity index (χ3n) is 2.16. The van der Waals surface area contributed by atoms with Crippen LogP contribution in [-0.4, -0.2) is 24.7 Å². The van der Waals surface area contributed by atoms with Crippen LogP contribution in [0.4, 0.5) is 13.2 Å². The first-order chi connectivity index (χ1) is 8.51. The van der Waals surface area contributed by atoms with Crippen molar-refractivity contribution in [3.63, 3.8) is 0 Å². The van der Waals surface area contributed by atoms with Crippen molar-refractivity contribution in [2.24, 2.45) is 0 Å². The maximum Gasteiger partial charge on any atom is 0.310 e. The summed E-state index contributed by atoms with van der Waals surface area (Å²) in [5.74, 6) is -2.50. The molecule has 100 valence electrons. The molecule has 0 aliphatic heterocycles. The maximum atomic E-state index is 13.6. The van der Waals surface area contributed by atoms with Gasteiger partial charge < -0.3 is 9.47 Å². The van der Waals surface area contributed by atoms with Gasteiger partial charge in [0.15, 0.2) is 5.82 Å². The van der Waals surface area contributed by atoms with Crippen molar-refractivity contribution in [1.82, 2.24) is 4.98 Å². The Bertz CT molecular complexity index is 438. The van der Waals surface area contributed by atoms with E-state index in [2.05, 4.69) is 14.5 Å². The number of alkyl halides is 2. The molecule has 0 aliphatic rings. The van der Waals surface area contributed by atoms with Crippen molar-refractivity contribution in [2.45, 2.75) is 19.8 Å². The van der Waals surface area contributed by atoms with E-state index in [1.54, 1.807) is 6.92 Å². The van der Waals surface area contributed by atoms with Gasteiger partial charge in [-0.3, -0.25) is 4.79 Å². The average molecular weight is 263 g/mol. The van der Waals surface area contributed by atoms with E-state index in [1.807, 2.05) is 0 Å². The molecule has 1 rings (SSSR count). The van der Waals surface area contributed by atoms with Gasteiger partial charge in [-0.15, -0.1) is 0 Å². The van der Waals surface area contributed by atoms with Crippen LogP contribution in [0.1, 0.15) is 24.5 Å². The summed E-state index contributed by atoms with van der Waals surface area (Å²) in [7, 11) is 1.12. The number of halogens is 3. The number of aromatic nitrogens is 1. The summed E-state index contributed by atoms with van der Waals surface area (Å²) in [5.41, 5.74) is -1.09. The molecule has 1 aromatic rings. The minimum Gasteiger partial charge on any atom is -0.479 e. The molecule has 0 bridgehead atoms. The monoisotopic (exact) mass is 263 g/mol. The predicted octanol–water partition coefficient (Wildman–Crippen LogP) is 2.27. The van der Waals surface area contributed by atoms with Crippen LogP contribution in [0.15, 0.2) is 6.20 Å². The number of hydrogen-bond acceptors (Lipinski definition) is 4. The molecule has 1 heterocycles. The second kappa shape index (κ2) is 6.23. The van der Waals surface area contributed by atoms with E-state index in [1.165, 1.54) is 0 Å². The molecule has 0 aromatic carbocycles. The highest BCUT2D eigenvalue weighted by atomic mass is 19.3. The lowest BCUT2D eigenvalue weighted by molar-refractivity contribution is -0.142. The van der Waals surface area contributed by atoms with Gasteiger partial charge in [0.05, 0.1) is 25.7 Å². The zero-order valence-corrected chi connectivity index (χ0v) is 9.87. The van der Waals surface area contributed by atoms with Crippen LogP contribution in [0.2, 0.25) is 0 Å². The largest absolute Gasteiger partial charge is 0.479 e. The second-order valence-electron chi connectivity index (χ2n) is 3.30. The highest BCUT2D eigenvalue weighted by molar-refractivity contribution is 5.73. The minimum atomic E-state index is -3.06. The minimum absolute atomic E-state index is 0.120. The molecule has 0 saturated carbocycles. The Hall–Kier alpha value is -1.79. The molecule has 0 N–H and O–H groups in total. The van der Waals surface area contributed by atoms with E-state index in [-0.39, 0.29) is 12.2 Å². The zero-order valence-electron chi connectivity index (χ0n) is 9.87. The summed E-state index contributed by atoms with van der Waals surface area (Å²) in [5, 5.41) is 0. The fourth-order valence-electron chi connectivity index (χ4n) is 1.41. The normalized spacial score (nSPS) is 10.6. The molecule has 18 heavy (non-hydrogen) atoms. The van der Waals surface area contributed by atoms with Gasteiger partial charge in [0.2, 0.25) is 0 Å². The van der Waals surface area contributed by atoms with E-state index < -0.39 is 36.1 Å². The Balaban J connectivity index is 3.11. The van der Waals surface area contributed by atoms with Gasteiger partial charge in [0, 0.05) is 6.20 Å². The number of pyridine rings is 1. The highest BCUT2D eigenvalue weighted by Crippen LogP contribution is 2.30. The summed E-state index contributed by atoms with van der Waals surface area (Å²) >= 11 is 0. The molecule has 0 spiro atoms. The van der Waals surface area contributed by atoms with Crippen LogP contribution in [0.3, 0.4) is 0 Å². The van der Waals surface area contributed by atoms with E-state index in [0.29, 0.717) is 0 Å². The molecule has 0 radical (unpaired) electrons. The van der Waals surface area contributed by atoms with Crippen LogP contribution < -0.4 is 4.74 Å².